The van der Waals surface area contributed by atoms with Gasteiger partial charge in [0.25, 0.3) is 0 Å². The summed E-state index contributed by atoms with van der Waals surface area (Å²) in [4.78, 5) is 3.17. The number of nitrogens with zero attached hydrogens (tertiary/aromatic N) is 1. The zero-order valence-electron chi connectivity index (χ0n) is 4.32. The maximum atomic E-state index is 6.40. The van der Waals surface area contributed by atoms with Crippen LogP contribution < -0.4 is 0 Å². The molecule has 0 N–H and O–H groups in total. The minimum Gasteiger partial charge on any atom is -0.317 e. The average molecular weight is 118 g/mol. The van der Waals surface area contributed by atoms with Crippen LogP contribution in [0.1, 0.15) is 6.92 Å². The van der Waals surface area contributed by atoms with E-state index in [0.717, 1.165) is 0 Å². The van der Waals surface area contributed by atoms with Crippen molar-refractivity contribution >= 4 is 11.6 Å². The molecule has 0 amide bonds. The van der Waals surface area contributed by atoms with E-state index in [-0.39, 0.29) is 0 Å². The highest BCUT2D eigenvalue weighted by atomic mass is 35.5. The third kappa shape index (κ3) is 3.61. The fourth-order valence-electron chi connectivity index (χ4n) is 0.205. The van der Waals surface area contributed by atoms with Crippen LogP contribution in [0.2, 0.25) is 0 Å². The summed E-state index contributed by atoms with van der Waals surface area (Å²) in [5, 5.41) is 0. The van der Waals surface area contributed by atoms with Crippen molar-refractivity contribution in [1.82, 2.24) is 0 Å². The zero-order valence-corrected chi connectivity index (χ0v) is 5.07. The molecular formula is C5H8ClN. The van der Waals surface area contributed by atoms with Gasteiger partial charge in [-0.05, 0) is 0 Å². The topological polar surface area (TPSA) is 4.36 Å². The van der Waals surface area contributed by atoms with E-state index in [9.17, 15) is 0 Å². The van der Waals surface area contributed by atoms with E-state index in [4.69, 9.17) is 18.2 Å². The second kappa shape index (κ2) is 3.95. The van der Waals surface area contributed by atoms with Gasteiger partial charge >= 0.3 is 0 Å². The number of alkyl halides is 1. The number of hydrogen-bond acceptors (Lipinski definition) is 0. The number of hydrogen-bond donors (Lipinski definition) is 0. The fourth-order valence-corrected chi connectivity index (χ4v) is 0.302. The van der Waals surface area contributed by atoms with Crippen molar-refractivity contribution in [1.29, 1.82) is 0 Å². The molecule has 7 heavy (non-hydrogen) atoms. The molecule has 0 spiro atoms. The van der Waals surface area contributed by atoms with Crippen LogP contribution in [0.3, 0.4) is 0 Å². The van der Waals surface area contributed by atoms with Gasteiger partial charge in [-0.3, -0.25) is 0 Å². The quantitative estimate of drug-likeness (QED) is 0.384. The van der Waals surface area contributed by atoms with Crippen LogP contribution in [-0.4, -0.2) is 12.4 Å². The predicted molar refractivity (Wildman–Crippen MR) is 31.4 cm³/mol. The monoisotopic (exact) mass is 117 g/mol. The van der Waals surface area contributed by atoms with Crippen LogP contribution in [-0.2, 0) is 0 Å². The van der Waals surface area contributed by atoms with Crippen LogP contribution >= 0.6 is 11.6 Å². The van der Waals surface area contributed by atoms with Gasteiger partial charge in [-0.2, -0.15) is 0 Å². The maximum Gasteiger partial charge on any atom is 0.218 e. The first-order chi connectivity index (χ1) is 3.31. The van der Waals surface area contributed by atoms with E-state index in [0.29, 0.717) is 18.3 Å². The van der Waals surface area contributed by atoms with Gasteiger partial charge in [-0.1, -0.05) is 6.92 Å². The van der Waals surface area contributed by atoms with E-state index < -0.39 is 0 Å². The molecule has 0 aromatic heterocycles. The first kappa shape index (κ1) is 6.78. The summed E-state index contributed by atoms with van der Waals surface area (Å²) in [6.45, 7) is 8.93. The van der Waals surface area contributed by atoms with Gasteiger partial charge in [0, 0.05) is 11.8 Å². The molecule has 0 bridgehead atoms. The molecule has 0 saturated carbocycles. The standard InChI is InChI=1S/C5H8ClN/c1-5(3-6)4-7-2/h5H,3-4H2,1H3/t5-/m1/s1. The van der Waals surface area contributed by atoms with Crippen molar-refractivity contribution in [3.8, 4) is 0 Å². The second-order valence-corrected chi connectivity index (χ2v) is 1.91. The van der Waals surface area contributed by atoms with E-state index >= 15 is 0 Å². The highest BCUT2D eigenvalue weighted by molar-refractivity contribution is 6.18. The molecule has 0 radical (unpaired) electrons. The molecule has 0 aromatic rings. The predicted octanol–water partition coefficient (Wildman–Crippen LogP) is 1.78. The minimum absolute atomic E-state index is 0.360. The Morgan fingerprint density at radius 1 is 1.86 bits per heavy atom. The molecule has 0 aliphatic rings. The van der Waals surface area contributed by atoms with Crippen molar-refractivity contribution in [2.24, 2.45) is 5.92 Å². The first-order valence-corrected chi connectivity index (χ1v) is 2.74. The fraction of sp³-hybridized carbons (Fsp3) is 0.800. The molecule has 0 aliphatic heterocycles. The molecule has 0 rings (SSSR count). The molecule has 0 unspecified atom stereocenters. The summed E-state index contributed by atoms with van der Waals surface area (Å²) in [6, 6.07) is 0. The van der Waals surface area contributed by atoms with Crippen LogP contribution in [0.15, 0.2) is 0 Å². The Morgan fingerprint density at radius 3 is 2.57 bits per heavy atom. The zero-order chi connectivity index (χ0) is 5.70. The molecule has 0 aromatic carbocycles. The number of rotatable bonds is 2. The lowest BCUT2D eigenvalue weighted by Gasteiger charge is -1.92. The Hall–Kier alpha value is -0.220. The Morgan fingerprint density at radius 2 is 2.43 bits per heavy atom. The van der Waals surface area contributed by atoms with Gasteiger partial charge in [0.05, 0.1) is 0 Å². The van der Waals surface area contributed by atoms with Crippen molar-refractivity contribution in [3.05, 3.63) is 11.4 Å². The van der Waals surface area contributed by atoms with Gasteiger partial charge < -0.3 is 4.85 Å². The van der Waals surface area contributed by atoms with E-state index in [1.54, 1.807) is 0 Å². The van der Waals surface area contributed by atoms with Crippen LogP contribution in [0, 0.1) is 12.5 Å². The lowest BCUT2D eigenvalue weighted by atomic mass is 10.2. The molecular weight excluding hydrogens is 110 g/mol. The summed E-state index contributed by atoms with van der Waals surface area (Å²) in [5.74, 6) is 0.960. The summed E-state index contributed by atoms with van der Waals surface area (Å²) >= 11 is 5.39. The SMILES string of the molecule is [C-]#[N+]C[C@H](C)CCl. The van der Waals surface area contributed by atoms with Crippen molar-refractivity contribution < 1.29 is 0 Å². The van der Waals surface area contributed by atoms with Gasteiger partial charge in [-0.25, -0.2) is 6.57 Å². The normalized spacial score (nSPS) is 12.7. The van der Waals surface area contributed by atoms with Crippen LogP contribution in [0.5, 0.6) is 0 Å². The van der Waals surface area contributed by atoms with E-state index in [1.165, 1.54) is 0 Å². The third-order valence-corrected chi connectivity index (χ3v) is 1.19. The highest BCUT2D eigenvalue weighted by Crippen LogP contribution is 1.96. The minimum atomic E-state index is 0.360. The Bertz CT molecular complexity index is 74.6. The van der Waals surface area contributed by atoms with Crippen molar-refractivity contribution in [2.45, 2.75) is 6.92 Å². The molecule has 1 atom stereocenters. The molecule has 2 heteroatoms. The molecule has 0 aliphatic carbocycles. The Balaban J connectivity index is 3.03. The van der Waals surface area contributed by atoms with Crippen molar-refractivity contribution in [2.75, 3.05) is 12.4 Å². The van der Waals surface area contributed by atoms with Gasteiger partial charge in [0.2, 0.25) is 6.54 Å². The highest BCUT2D eigenvalue weighted by Gasteiger charge is 1.98. The van der Waals surface area contributed by atoms with Crippen molar-refractivity contribution in [3.63, 3.8) is 0 Å². The van der Waals surface area contributed by atoms with E-state index in [1.807, 2.05) is 6.92 Å². The third-order valence-electron chi connectivity index (χ3n) is 0.666. The smallest absolute Gasteiger partial charge is 0.218 e. The second-order valence-electron chi connectivity index (χ2n) is 1.60. The Labute approximate surface area is 49.1 Å². The molecule has 0 heterocycles. The summed E-state index contributed by atoms with van der Waals surface area (Å²) in [5.41, 5.74) is 0. The Kier molecular flexibility index (Phi) is 3.83. The lowest BCUT2D eigenvalue weighted by Crippen LogP contribution is -1.97. The van der Waals surface area contributed by atoms with Crippen LogP contribution in [0.25, 0.3) is 4.85 Å². The molecule has 0 saturated heterocycles. The van der Waals surface area contributed by atoms with Gasteiger partial charge in [0.1, 0.15) is 0 Å². The largest absolute Gasteiger partial charge is 0.317 e. The summed E-state index contributed by atoms with van der Waals surface area (Å²) in [7, 11) is 0. The molecule has 1 nitrogen and oxygen atoms in total. The lowest BCUT2D eigenvalue weighted by molar-refractivity contribution is 0.719. The maximum absolute atomic E-state index is 6.40. The number of halogens is 1. The van der Waals surface area contributed by atoms with E-state index in [2.05, 4.69) is 4.85 Å². The first-order valence-electron chi connectivity index (χ1n) is 2.20. The van der Waals surface area contributed by atoms with Gasteiger partial charge in [-0.15, -0.1) is 11.6 Å². The molecule has 0 fully saturated rings. The summed E-state index contributed by atoms with van der Waals surface area (Å²) in [6.07, 6.45) is 0. The molecule has 40 valence electrons. The van der Waals surface area contributed by atoms with Gasteiger partial charge in [0.15, 0.2) is 0 Å². The van der Waals surface area contributed by atoms with Crippen LogP contribution in [0.4, 0.5) is 0 Å². The average Bonchev–Trinajstić information content (AvgIpc) is 1.68. The summed E-state index contributed by atoms with van der Waals surface area (Å²) < 4.78 is 0.